The Labute approximate surface area is 284 Å². The number of ether oxygens (including phenoxy) is 1. The highest BCUT2D eigenvalue weighted by molar-refractivity contribution is 5.93. The number of aliphatic hydroxyl groups is 1. The highest BCUT2D eigenvalue weighted by Gasteiger charge is 2.38. The molecule has 0 bridgehead atoms. The molecule has 1 aromatic carbocycles. The molecule has 1 aliphatic heterocycles. The normalized spacial score (nSPS) is 19.5. The Hall–Kier alpha value is -5.53. The van der Waals surface area contributed by atoms with Gasteiger partial charge in [0.25, 0.3) is 5.56 Å². The minimum absolute atomic E-state index is 0.0162. The zero-order chi connectivity index (χ0) is 36.7. The van der Waals surface area contributed by atoms with Gasteiger partial charge in [-0.1, -0.05) is 18.2 Å². The summed E-state index contributed by atoms with van der Waals surface area (Å²) < 4.78 is 6.76. The Kier molecular flexibility index (Phi) is 12.1. The first-order valence-electron chi connectivity index (χ1n) is 15.7. The molecule has 2 aromatic heterocycles. The van der Waals surface area contributed by atoms with Crippen LogP contribution in [0.1, 0.15) is 32.1 Å². The van der Waals surface area contributed by atoms with Crippen molar-refractivity contribution in [1.29, 1.82) is 0 Å². The second-order valence-electron chi connectivity index (χ2n) is 11.9. The molecule has 3 heterocycles. The van der Waals surface area contributed by atoms with Crippen molar-refractivity contribution in [2.45, 2.75) is 69.3 Å². The smallest absolute Gasteiger partial charge is 0.330 e. The molecule has 1 saturated heterocycles. The SMILES string of the molecule is C[C@H](NC(=O)N[C@@H](Cc1c[nH]c2ccccc12)C(=O)O)C(=O)N[C@H](C(=O)NC[C@H]1C[C@@H](O)[C@H](n2ccc(=O)[nH]c2=O)O1)[C@H](C)N(C)C(=O)CN. The Bertz CT molecular complexity index is 1840. The fraction of sp³-hybridized carbons (Fsp3) is 0.452. The number of aromatic nitrogens is 3. The number of aromatic amines is 2. The van der Waals surface area contributed by atoms with Crippen LogP contribution in [0.2, 0.25) is 0 Å². The van der Waals surface area contributed by atoms with Crippen LogP contribution in [0.25, 0.3) is 10.9 Å². The summed E-state index contributed by atoms with van der Waals surface area (Å²) in [6, 6.07) is 2.51. The van der Waals surface area contributed by atoms with E-state index in [0.29, 0.717) is 5.56 Å². The van der Waals surface area contributed by atoms with E-state index in [1.54, 1.807) is 12.3 Å². The van der Waals surface area contributed by atoms with Gasteiger partial charge in [0.15, 0.2) is 6.23 Å². The van der Waals surface area contributed by atoms with Gasteiger partial charge in [0.1, 0.15) is 24.2 Å². The van der Waals surface area contributed by atoms with Crippen LogP contribution in [0.3, 0.4) is 0 Å². The largest absolute Gasteiger partial charge is 0.480 e. The zero-order valence-corrected chi connectivity index (χ0v) is 27.5. The van der Waals surface area contributed by atoms with E-state index in [9.17, 15) is 43.8 Å². The number of para-hydroxylation sites is 1. The molecule has 5 amide bonds. The Balaban J connectivity index is 1.38. The molecule has 0 aliphatic carbocycles. The standard InChI is InChI=1S/C31H41N9O10/c1-15(35-30(48)36-21(29(46)47)10-17-13-33-20-7-5-4-6-19(17)20)26(44)38-25(16(2)39(3)24(43)12-32)27(45)34-14-18-11-22(41)28(50-18)40-9-8-23(42)37-31(40)49/h4-9,13,15-16,18,21-22,25,28,33,41H,10-12,14,32H2,1-3H3,(H,34,45)(H,38,44)(H,46,47)(H2,35,36,48)(H,37,42,49)/t15-,16-,18+,21-,22+,25-,28+/m0/s1. The van der Waals surface area contributed by atoms with Gasteiger partial charge in [0, 0.05) is 55.8 Å². The van der Waals surface area contributed by atoms with Crippen molar-refractivity contribution in [1.82, 2.24) is 40.7 Å². The number of nitrogens with one attached hydrogen (secondary N) is 6. The number of urea groups is 1. The summed E-state index contributed by atoms with van der Waals surface area (Å²) in [5, 5.41) is 30.9. The number of carbonyl (C=O) groups excluding carboxylic acids is 4. The van der Waals surface area contributed by atoms with E-state index in [2.05, 4.69) is 31.2 Å². The van der Waals surface area contributed by atoms with Gasteiger partial charge in [-0.15, -0.1) is 0 Å². The predicted molar refractivity (Wildman–Crippen MR) is 177 cm³/mol. The number of carbonyl (C=O) groups is 5. The van der Waals surface area contributed by atoms with Crippen LogP contribution in [-0.4, -0.2) is 116 Å². The average Bonchev–Trinajstić information content (AvgIpc) is 3.66. The summed E-state index contributed by atoms with van der Waals surface area (Å²) in [7, 11) is 1.39. The van der Waals surface area contributed by atoms with Gasteiger partial charge in [0.2, 0.25) is 17.7 Å². The fourth-order valence-electron chi connectivity index (χ4n) is 5.52. The maximum absolute atomic E-state index is 13.5. The summed E-state index contributed by atoms with van der Waals surface area (Å²) in [6.07, 6.45) is -0.254. The zero-order valence-electron chi connectivity index (χ0n) is 27.5. The first-order valence-corrected chi connectivity index (χ1v) is 15.7. The van der Waals surface area contributed by atoms with Crippen molar-refractivity contribution in [2.24, 2.45) is 5.73 Å². The van der Waals surface area contributed by atoms with Gasteiger partial charge in [-0.3, -0.25) is 28.7 Å². The average molecular weight is 700 g/mol. The Morgan fingerprint density at radius 1 is 1.08 bits per heavy atom. The molecule has 19 nitrogen and oxygen atoms in total. The lowest BCUT2D eigenvalue weighted by molar-refractivity contribution is -0.139. The quantitative estimate of drug-likeness (QED) is 0.0845. The van der Waals surface area contributed by atoms with Crippen LogP contribution in [0.4, 0.5) is 4.79 Å². The van der Waals surface area contributed by atoms with Crippen molar-refractivity contribution in [2.75, 3.05) is 20.1 Å². The first-order chi connectivity index (χ1) is 23.7. The lowest BCUT2D eigenvalue weighted by atomic mass is 10.1. The molecule has 19 heteroatoms. The topological polar surface area (TPSA) is 283 Å². The number of aliphatic hydroxyl groups excluding tert-OH is 1. The van der Waals surface area contributed by atoms with Crippen molar-refractivity contribution in [3.05, 3.63) is 69.1 Å². The number of amides is 5. The number of fused-ring (bicyclic) bond motifs is 1. The summed E-state index contributed by atoms with van der Waals surface area (Å²) in [5.41, 5.74) is 5.54. The molecular weight excluding hydrogens is 658 g/mol. The van der Waals surface area contributed by atoms with Gasteiger partial charge in [-0.2, -0.15) is 0 Å². The third-order valence-electron chi connectivity index (χ3n) is 8.48. The second-order valence-corrected chi connectivity index (χ2v) is 11.9. The number of hydrogen-bond acceptors (Lipinski definition) is 10. The predicted octanol–water partition coefficient (Wildman–Crippen LogP) is -2.54. The molecule has 3 aromatic rings. The highest BCUT2D eigenvalue weighted by atomic mass is 16.5. The molecule has 0 unspecified atom stereocenters. The number of rotatable bonds is 14. The van der Waals surface area contributed by atoms with Crippen molar-refractivity contribution in [3.8, 4) is 0 Å². The van der Waals surface area contributed by atoms with Crippen LogP contribution in [0.5, 0.6) is 0 Å². The number of carboxylic acids is 1. The lowest BCUT2D eigenvalue weighted by Gasteiger charge is -2.32. The summed E-state index contributed by atoms with van der Waals surface area (Å²) in [5.74, 6) is -3.39. The number of aliphatic carboxylic acids is 1. The highest BCUT2D eigenvalue weighted by Crippen LogP contribution is 2.27. The van der Waals surface area contributed by atoms with E-state index in [1.807, 2.05) is 18.2 Å². The van der Waals surface area contributed by atoms with Crippen molar-refractivity contribution >= 4 is 40.6 Å². The summed E-state index contributed by atoms with van der Waals surface area (Å²) in [6.45, 7) is 2.29. The second kappa shape index (κ2) is 16.2. The number of carboxylic acid groups (broad SMARTS) is 1. The first kappa shape index (κ1) is 37.3. The molecule has 270 valence electrons. The van der Waals surface area contributed by atoms with Crippen LogP contribution in [-0.2, 0) is 30.3 Å². The van der Waals surface area contributed by atoms with E-state index in [0.717, 1.165) is 21.5 Å². The Morgan fingerprint density at radius 2 is 1.80 bits per heavy atom. The molecule has 0 radical (unpaired) electrons. The van der Waals surface area contributed by atoms with Crippen LogP contribution < -0.4 is 38.2 Å². The number of hydrogen-bond donors (Lipinski definition) is 9. The van der Waals surface area contributed by atoms with Gasteiger partial charge in [-0.25, -0.2) is 14.4 Å². The molecule has 1 aliphatic rings. The minimum atomic E-state index is -1.37. The van der Waals surface area contributed by atoms with E-state index < -0.39 is 83.6 Å². The van der Waals surface area contributed by atoms with Gasteiger partial charge >= 0.3 is 17.7 Å². The minimum Gasteiger partial charge on any atom is -0.480 e. The lowest BCUT2D eigenvalue weighted by Crippen LogP contribution is -2.61. The molecule has 0 spiro atoms. The number of H-pyrrole nitrogens is 2. The third-order valence-corrected chi connectivity index (χ3v) is 8.48. The van der Waals surface area contributed by atoms with Crippen molar-refractivity contribution in [3.63, 3.8) is 0 Å². The number of nitrogens with zero attached hydrogens (tertiary/aromatic N) is 2. The maximum Gasteiger partial charge on any atom is 0.330 e. The third kappa shape index (κ3) is 8.92. The molecule has 50 heavy (non-hydrogen) atoms. The fourth-order valence-corrected chi connectivity index (χ4v) is 5.52. The van der Waals surface area contributed by atoms with Crippen LogP contribution >= 0.6 is 0 Å². The molecular formula is C31H41N9O10. The number of benzene rings is 1. The van der Waals surface area contributed by atoms with E-state index in [1.165, 1.54) is 32.0 Å². The molecule has 0 saturated carbocycles. The molecule has 1 fully saturated rings. The van der Waals surface area contributed by atoms with Crippen LogP contribution in [0, 0.1) is 0 Å². The molecule has 4 rings (SSSR count). The van der Waals surface area contributed by atoms with Gasteiger partial charge < -0.3 is 51.8 Å². The van der Waals surface area contributed by atoms with Gasteiger partial charge in [-0.05, 0) is 25.5 Å². The van der Waals surface area contributed by atoms with Gasteiger partial charge in [0.05, 0.1) is 18.7 Å². The number of nitrogens with two attached hydrogens (primary N) is 1. The van der Waals surface area contributed by atoms with Crippen molar-refractivity contribution < 1.29 is 38.9 Å². The summed E-state index contributed by atoms with van der Waals surface area (Å²) in [4.78, 5) is 93.7. The number of likely N-dealkylation sites (N-methyl/N-ethyl adjacent to an activating group) is 1. The molecule has 7 atom stereocenters. The monoisotopic (exact) mass is 699 g/mol. The van der Waals surface area contributed by atoms with E-state index in [4.69, 9.17) is 10.5 Å². The Morgan fingerprint density at radius 3 is 2.48 bits per heavy atom. The van der Waals surface area contributed by atoms with E-state index in [-0.39, 0.29) is 25.9 Å². The maximum atomic E-state index is 13.5. The molecule has 10 N–H and O–H groups in total. The van der Waals surface area contributed by atoms with Crippen LogP contribution in [0.15, 0.2) is 52.3 Å². The summed E-state index contributed by atoms with van der Waals surface area (Å²) >= 11 is 0. The van der Waals surface area contributed by atoms with E-state index >= 15 is 0 Å².